The van der Waals surface area contributed by atoms with Gasteiger partial charge in [-0.2, -0.15) is 0 Å². The molecule has 5 nitrogen and oxygen atoms in total. The minimum absolute atomic E-state index is 0.288. The smallest absolute Gasteiger partial charge is 0.229 e. The fraction of sp³-hybridized carbons (Fsp3) is 0.250. The first kappa shape index (κ1) is 11.5. The molecular weight excluding hydrogens is 220 g/mol. The summed E-state index contributed by atoms with van der Waals surface area (Å²) in [6.45, 7) is 0.434. The molecule has 90 valence electrons. The van der Waals surface area contributed by atoms with E-state index in [2.05, 4.69) is 5.16 Å². The number of benzene rings is 1. The van der Waals surface area contributed by atoms with Crippen molar-refractivity contribution in [1.29, 1.82) is 0 Å². The van der Waals surface area contributed by atoms with Crippen LogP contribution >= 0.6 is 0 Å². The highest BCUT2D eigenvalue weighted by Crippen LogP contribution is 2.34. The number of nitrogen functional groups attached to an aromatic ring is 1. The molecule has 0 amide bonds. The molecular formula is C12H14N2O3. The second-order valence-electron chi connectivity index (χ2n) is 3.52. The van der Waals surface area contributed by atoms with Crippen LogP contribution in [0.1, 0.15) is 5.56 Å². The summed E-state index contributed by atoms with van der Waals surface area (Å²) >= 11 is 0. The van der Waals surface area contributed by atoms with Crippen LogP contribution in [0, 0.1) is 0 Å². The predicted octanol–water partition coefficient (Wildman–Crippen LogP) is 2.08. The Hall–Kier alpha value is -2.01. The van der Waals surface area contributed by atoms with Crippen LogP contribution < -0.4 is 10.5 Å². The second kappa shape index (κ2) is 4.88. The van der Waals surface area contributed by atoms with Crippen molar-refractivity contribution in [2.24, 2.45) is 0 Å². The van der Waals surface area contributed by atoms with Gasteiger partial charge in [-0.25, -0.2) is 0 Å². The highest BCUT2D eigenvalue weighted by atomic mass is 16.5. The molecule has 0 atom stereocenters. The Balaban J connectivity index is 2.57. The van der Waals surface area contributed by atoms with Crippen molar-refractivity contribution in [2.75, 3.05) is 20.0 Å². The van der Waals surface area contributed by atoms with E-state index in [1.807, 2.05) is 18.2 Å². The van der Waals surface area contributed by atoms with Crippen molar-refractivity contribution < 1.29 is 14.0 Å². The van der Waals surface area contributed by atoms with Gasteiger partial charge in [0.1, 0.15) is 5.75 Å². The van der Waals surface area contributed by atoms with E-state index in [-0.39, 0.29) is 5.88 Å². The van der Waals surface area contributed by atoms with Crippen LogP contribution in [-0.4, -0.2) is 19.4 Å². The molecule has 17 heavy (non-hydrogen) atoms. The lowest BCUT2D eigenvalue weighted by Crippen LogP contribution is -1.97. The molecule has 1 aromatic carbocycles. The Labute approximate surface area is 99.1 Å². The lowest BCUT2D eigenvalue weighted by Gasteiger charge is -2.12. The van der Waals surface area contributed by atoms with Crippen molar-refractivity contribution in [3.05, 3.63) is 30.0 Å². The van der Waals surface area contributed by atoms with Crippen LogP contribution in [0.15, 0.2) is 28.9 Å². The molecule has 2 aromatic rings. The van der Waals surface area contributed by atoms with E-state index in [4.69, 9.17) is 19.7 Å². The normalized spacial score (nSPS) is 10.5. The zero-order valence-electron chi connectivity index (χ0n) is 9.77. The minimum atomic E-state index is 0.288. The Morgan fingerprint density at radius 3 is 2.71 bits per heavy atom. The van der Waals surface area contributed by atoms with Gasteiger partial charge in [0.2, 0.25) is 5.88 Å². The number of hydrogen-bond donors (Lipinski definition) is 1. The fourth-order valence-corrected chi connectivity index (χ4v) is 1.75. The maximum atomic E-state index is 5.72. The van der Waals surface area contributed by atoms with Gasteiger partial charge in [-0.3, -0.25) is 0 Å². The van der Waals surface area contributed by atoms with Crippen LogP contribution in [0.4, 0.5) is 5.88 Å². The molecule has 0 saturated carbocycles. The van der Waals surface area contributed by atoms with E-state index < -0.39 is 0 Å². The number of methoxy groups -OCH3 is 2. The largest absolute Gasteiger partial charge is 0.496 e. The second-order valence-corrected chi connectivity index (χ2v) is 3.52. The van der Waals surface area contributed by atoms with Crippen molar-refractivity contribution in [1.82, 2.24) is 5.16 Å². The number of aromatic nitrogens is 1. The van der Waals surface area contributed by atoms with E-state index >= 15 is 0 Å². The zero-order valence-corrected chi connectivity index (χ0v) is 9.77. The molecule has 1 aromatic heterocycles. The monoisotopic (exact) mass is 234 g/mol. The third-order valence-electron chi connectivity index (χ3n) is 2.53. The van der Waals surface area contributed by atoms with Gasteiger partial charge >= 0.3 is 0 Å². The summed E-state index contributed by atoms with van der Waals surface area (Å²) in [4.78, 5) is 0. The number of nitrogens with two attached hydrogens (primary N) is 1. The molecule has 0 aliphatic heterocycles. The Morgan fingerprint density at radius 1 is 1.29 bits per heavy atom. The fourth-order valence-electron chi connectivity index (χ4n) is 1.75. The molecule has 0 fully saturated rings. The Kier molecular flexibility index (Phi) is 3.30. The van der Waals surface area contributed by atoms with Crippen LogP contribution in [0.3, 0.4) is 0 Å². The number of rotatable bonds is 4. The van der Waals surface area contributed by atoms with E-state index in [0.717, 1.165) is 22.4 Å². The summed E-state index contributed by atoms with van der Waals surface area (Å²) in [5, 5.41) is 3.67. The average Bonchev–Trinajstić information content (AvgIpc) is 2.76. The molecule has 0 aliphatic carbocycles. The Morgan fingerprint density at radius 2 is 2.12 bits per heavy atom. The maximum absolute atomic E-state index is 5.72. The molecule has 0 radical (unpaired) electrons. The lowest BCUT2D eigenvalue weighted by molar-refractivity contribution is 0.182. The predicted molar refractivity (Wildman–Crippen MR) is 63.6 cm³/mol. The third-order valence-corrected chi connectivity index (χ3v) is 2.53. The zero-order chi connectivity index (χ0) is 12.3. The first-order valence-electron chi connectivity index (χ1n) is 5.13. The molecule has 0 bridgehead atoms. The molecule has 0 aliphatic rings. The molecule has 0 saturated heterocycles. The van der Waals surface area contributed by atoms with Crippen LogP contribution in [0.25, 0.3) is 11.1 Å². The van der Waals surface area contributed by atoms with Crippen molar-refractivity contribution in [3.8, 4) is 16.9 Å². The molecule has 1 heterocycles. The van der Waals surface area contributed by atoms with Gasteiger partial charge in [0.25, 0.3) is 0 Å². The summed E-state index contributed by atoms with van der Waals surface area (Å²) in [6, 6.07) is 5.70. The van der Waals surface area contributed by atoms with E-state index in [1.165, 1.54) is 0 Å². The van der Waals surface area contributed by atoms with Gasteiger partial charge in [0.05, 0.1) is 25.5 Å². The molecule has 2 N–H and O–H groups in total. The average molecular weight is 234 g/mol. The van der Waals surface area contributed by atoms with Gasteiger partial charge in [-0.05, 0) is 11.6 Å². The summed E-state index contributed by atoms with van der Waals surface area (Å²) < 4.78 is 15.4. The van der Waals surface area contributed by atoms with Gasteiger partial charge in [0.15, 0.2) is 0 Å². The topological polar surface area (TPSA) is 70.5 Å². The molecule has 2 rings (SSSR count). The molecule has 0 unspecified atom stereocenters. The van der Waals surface area contributed by atoms with Gasteiger partial charge in [0, 0.05) is 12.7 Å². The summed E-state index contributed by atoms with van der Waals surface area (Å²) in [5.41, 5.74) is 8.30. The van der Waals surface area contributed by atoms with Crippen LogP contribution in [0.5, 0.6) is 5.75 Å². The third kappa shape index (κ3) is 2.09. The summed E-state index contributed by atoms with van der Waals surface area (Å²) in [7, 11) is 3.25. The minimum Gasteiger partial charge on any atom is -0.496 e. The quantitative estimate of drug-likeness (QED) is 0.876. The highest BCUT2D eigenvalue weighted by Gasteiger charge is 2.15. The lowest BCUT2D eigenvalue weighted by atomic mass is 10.0. The molecule has 5 heteroatoms. The first-order valence-corrected chi connectivity index (χ1v) is 5.13. The van der Waals surface area contributed by atoms with Crippen molar-refractivity contribution >= 4 is 5.88 Å². The first-order chi connectivity index (χ1) is 8.27. The van der Waals surface area contributed by atoms with E-state index in [1.54, 1.807) is 20.4 Å². The maximum Gasteiger partial charge on any atom is 0.229 e. The SMILES string of the molecule is COCc1c(OC)cccc1-c1cnoc1N. The van der Waals surface area contributed by atoms with Gasteiger partial charge in [-0.1, -0.05) is 17.3 Å². The van der Waals surface area contributed by atoms with Crippen LogP contribution in [-0.2, 0) is 11.3 Å². The summed E-state index contributed by atoms with van der Waals surface area (Å²) in [5.74, 6) is 1.04. The summed E-state index contributed by atoms with van der Waals surface area (Å²) in [6.07, 6.45) is 1.59. The van der Waals surface area contributed by atoms with E-state index in [9.17, 15) is 0 Å². The van der Waals surface area contributed by atoms with Gasteiger partial charge in [-0.15, -0.1) is 0 Å². The number of hydrogen-bond acceptors (Lipinski definition) is 5. The van der Waals surface area contributed by atoms with Gasteiger partial charge < -0.3 is 19.7 Å². The molecule has 0 spiro atoms. The van der Waals surface area contributed by atoms with E-state index in [0.29, 0.717) is 6.61 Å². The van der Waals surface area contributed by atoms with Crippen molar-refractivity contribution in [2.45, 2.75) is 6.61 Å². The number of ether oxygens (including phenoxy) is 2. The van der Waals surface area contributed by atoms with Crippen LogP contribution in [0.2, 0.25) is 0 Å². The highest BCUT2D eigenvalue weighted by molar-refractivity contribution is 5.76. The van der Waals surface area contributed by atoms with Crippen molar-refractivity contribution in [3.63, 3.8) is 0 Å². The number of anilines is 1. The standard InChI is InChI=1S/C12H14N2O3/c1-15-7-10-8(4-3-5-11(10)16-2)9-6-14-17-12(9)13/h3-6H,7,13H2,1-2H3. The Bertz CT molecular complexity index is 508. The number of nitrogens with zero attached hydrogens (tertiary/aromatic N) is 1.